The smallest absolute Gasteiger partial charge is 0.254 e. The zero-order valence-electron chi connectivity index (χ0n) is 22.1. The van der Waals surface area contributed by atoms with Gasteiger partial charge in [0.05, 0.1) is 6.04 Å². The Bertz CT molecular complexity index is 1210. The molecule has 0 saturated heterocycles. The average Bonchev–Trinajstić information content (AvgIpc) is 3.65. The van der Waals surface area contributed by atoms with E-state index in [1.807, 2.05) is 21.9 Å². The molecule has 5 rings (SSSR count). The highest BCUT2D eigenvalue weighted by molar-refractivity contribution is 7.10. The second-order valence-corrected chi connectivity index (χ2v) is 11.6. The molecule has 4 nitrogen and oxygen atoms in total. The van der Waals surface area contributed by atoms with Gasteiger partial charge in [0.15, 0.2) is 0 Å². The van der Waals surface area contributed by atoms with Crippen LogP contribution >= 0.6 is 11.3 Å². The Morgan fingerprint density at radius 1 is 0.973 bits per heavy atom. The molecule has 1 aliphatic carbocycles. The summed E-state index contributed by atoms with van der Waals surface area (Å²) in [6, 6.07) is 18.8. The van der Waals surface area contributed by atoms with Crippen LogP contribution in [0.4, 0.5) is 0 Å². The zero-order valence-corrected chi connectivity index (χ0v) is 22.9. The molecule has 1 unspecified atom stereocenters. The van der Waals surface area contributed by atoms with Crippen LogP contribution in [-0.4, -0.2) is 40.7 Å². The van der Waals surface area contributed by atoms with Gasteiger partial charge in [-0.25, -0.2) is 0 Å². The number of hydrogen-bond donors (Lipinski definition) is 0. The van der Waals surface area contributed by atoms with Gasteiger partial charge in [0, 0.05) is 23.0 Å². The fourth-order valence-corrected chi connectivity index (χ4v) is 6.32. The molecule has 0 spiro atoms. The van der Waals surface area contributed by atoms with Crippen molar-refractivity contribution in [1.29, 1.82) is 0 Å². The number of benzene rings is 2. The maximum atomic E-state index is 13.8. The number of amides is 2. The lowest BCUT2D eigenvalue weighted by atomic mass is 9.92. The van der Waals surface area contributed by atoms with Crippen molar-refractivity contribution >= 4 is 23.2 Å². The first-order valence-corrected chi connectivity index (χ1v) is 14.8. The minimum Gasteiger partial charge on any atom is -0.330 e. The fraction of sp³-hybridized carbons (Fsp3) is 0.438. The predicted molar refractivity (Wildman–Crippen MR) is 151 cm³/mol. The number of nitrogens with zero attached hydrogens (tertiary/aromatic N) is 2. The van der Waals surface area contributed by atoms with Crippen LogP contribution < -0.4 is 0 Å². The third-order valence-corrected chi connectivity index (χ3v) is 8.75. The number of aryl methyl sites for hydroxylation is 2. The van der Waals surface area contributed by atoms with E-state index in [4.69, 9.17) is 0 Å². The van der Waals surface area contributed by atoms with E-state index >= 15 is 0 Å². The first kappa shape index (κ1) is 25.7. The first-order valence-electron chi connectivity index (χ1n) is 13.9. The van der Waals surface area contributed by atoms with Crippen molar-refractivity contribution in [1.82, 2.24) is 9.80 Å². The lowest BCUT2D eigenvalue weighted by molar-refractivity contribution is -0.134. The van der Waals surface area contributed by atoms with Crippen LogP contribution in [0, 0.1) is 6.92 Å². The molecule has 1 aromatic heterocycles. The molecule has 1 fully saturated rings. The highest BCUT2D eigenvalue weighted by Gasteiger charge is 2.38. The quantitative estimate of drug-likeness (QED) is 0.275. The summed E-state index contributed by atoms with van der Waals surface area (Å²) in [5.41, 5.74) is 5.54. The van der Waals surface area contributed by atoms with Gasteiger partial charge < -0.3 is 9.80 Å². The number of rotatable bonds is 10. The van der Waals surface area contributed by atoms with E-state index in [9.17, 15) is 9.59 Å². The Hall–Kier alpha value is -2.92. The molecule has 2 heterocycles. The average molecular weight is 515 g/mol. The van der Waals surface area contributed by atoms with Crippen molar-refractivity contribution in [3.05, 3.63) is 92.7 Å². The molecule has 2 aliphatic rings. The summed E-state index contributed by atoms with van der Waals surface area (Å²) in [5, 5.41) is 2.13. The largest absolute Gasteiger partial charge is 0.330 e. The summed E-state index contributed by atoms with van der Waals surface area (Å²) in [4.78, 5) is 32.6. The molecule has 37 heavy (non-hydrogen) atoms. The Kier molecular flexibility index (Phi) is 8.09. The molecule has 1 aliphatic heterocycles. The zero-order chi connectivity index (χ0) is 25.8. The Morgan fingerprint density at radius 3 is 2.43 bits per heavy atom. The van der Waals surface area contributed by atoms with E-state index in [1.165, 1.54) is 47.3 Å². The summed E-state index contributed by atoms with van der Waals surface area (Å²) >= 11 is 1.78. The number of hydrogen-bond acceptors (Lipinski definition) is 3. The second-order valence-electron chi connectivity index (χ2n) is 10.6. The lowest BCUT2D eigenvalue weighted by Crippen LogP contribution is -2.47. The van der Waals surface area contributed by atoms with E-state index < -0.39 is 0 Å². The van der Waals surface area contributed by atoms with E-state index in [0.717, 1.165) is 31.2 Å². The monoisotopic (exact) mass is 514 g/mol. The van der Waals surface area contributed by atoms with Gasteiger partial charge in [-0.1, -0.05) is 68.1 Å². The van der Waals surface area contributed by atoms with Crippen molar-refractivity contribution in [2.24, 2.45) is 0 Å². The van der Waals surface area contributed by atoms with Crippen LogP contribution in [0.2, 0.25) is 0 Å². The Morgan fingerprint density at radius 2 is 1.73 bits per heavy atom. The van der Waals surface area contributed by atoms with E-state index in [0.29, 0.717) is 12.1 Å². The number of unbranched alkanes of at least 4 members (excludes halogenated alkanes) is 3. The summed E-state index contributed by atoms with van der Waals surface area (Å²) in [7, 11) is 0. The van der Waals surface area contributed by atoms with Gasteiger partial charge in [0.25, 0.3) is 5.91 Å². The van der Waals surface area contributed by atoms with Gasteiger partial charge >= 0.3 is 0 Å². The van der Waals surface area contributed by atoms with Crippen LogP contribution in [0.15, 0.2) is 60.0 Å². The molecule has 2 aromatic carbocycles. The van der Waals surface area contributed by atoms with Crippen LogP contribution in [-0.2, 0) is 17.6 Å². The molecular formula is C32H38N2O2S. The van der Waals surface area contributed by atoms with Crippen molar-refractivity contribution in [3.63, 3.8) is 0 Å². The van der Waals surface area contributed by atoms with Gasteiger partial charge in [0.2, 0.25) is 5.91 Å². The molecule has 0 bridgehead atoms. The van der Waals surface area contributed by atoms with Crippen LogP contribution in [0.3, 0.4) is 0 Å². The summed E-state index contributed by atoms with van der Waals surface area (Å²) in [6.07, 6.45) is 8.83. The van der Waals surface area contributed by atoms with Crippen LogP contribution in [0.5, 0.6) is 0 Å². The first-order chi connectivity index (χ1) is 18.0. The topological polar surface area (TPSA) is 40.6 Å². The fourth-order valence-electron chi connectivity index (χ4n) is 5.42. The van der Waals surface area contributed by atoms with Gasteiger partial charge in [-0.15, -0.1) is 11.3 Å². The number of fused-ring (bicyclic) bond motifs is 1. The summed E-state index contributed by atoms with van der Waals surface area (Å²) in [5.74, 6) is 0.0173. The van der Waals surface area contributed by atoms with Gasteiger partial charge in [-0.2, -0.15) is 0 Å². The number of thiophene rings is 1. The highest BCUT2D eigenvalue weighted by atomic mass is 32.1. The normalized spacial score (nSPS) is 16.9. The minimum absolute atomic E-state index is 0.0199. The minimum atomic E-state index is -0.0914. The predicted octanol–water partition coefficient (Wildman–Crippen LogP) is 6.96. The third-order valence-electron chi connectivity index (χ3n) is 7.75. The van der Waals surface area contributed by atoms with Gasteiger partial charge in [-0.05, 0) is 79.3 Å². The number of carbonyl (C=O) groups is 2. The van der Waals surface area contributed by atoms with Crippen molar-refractivity contribution < 1.29 is 9.59 Å². The maximum absolute atomic E-state index is 13.8. The van der Waals surface area contributed by atoms with Gasteiger partial charge in [-0.3, -0.25) is 9.59 Å². The lowest BCUT2D eigenvalue weighted by Gasteiger charge is -2.37. The van der Waals surface area contributed by atoms with Crippen LogP contribution in [0.25, 0.3) is 0 Å². The molecule has 1 atom stereocenters. The Balaban J connectivity index is 1.31. The van der Waals surface area contributed by atoms with Crippen molar-refractivity contribution in [2.45, 2.75) is 77.3 Å². The SMILES string of the molecule is CCCCCCc1ccc(C(=O)N(CC(=O)N2CCc3sccc3C2c2ccc(C)cc2)C2CC2)cc1. The summed E-state index contributed by atoms with van der Waals surface area (Å²) in [6.45, 7) is 5.14. The van der Waals surface area contributed by atoms with E-state index in [2.05, 4.69) is 61.7 Å². The van der Waals surface area contributed by atoms with E-state index in [1.54, 1.807) is 11.3 Å². The molecule has 5 heteroatoms. The molecule has 3 aromatic rings. The second kappa shape index (κ2) is 11.6. The Labute approximate surface area is 225 Å². The molecule has 194 valence electrons. The van der Waals surface area contributed by atoms with Crippen molar-refractivity contribution in [3.8, 4) is 0 Å². The maximum Gasteiger partial charge on any atom is 0.254 e. The highest BCUT2D eigenvalue weighted by Crippen LogP contribution is 2.38. The van der Waals surface area contributed by atoms with E-state index in [-0.39, 0.29) is 30.4 Å². The van der Waals surface area contributed by atoms with Crippen LogP contribution in [0.1, 0.15) is 89.0 Å². The molecule has 0 N–H and O–H groups in total. The molecule has 0 radical (unpaired) electrons. The number of carbonyl (C=O) groups excluding carboxylic acids is 2. The molecule has 2 amide bonds. The van der Waals surface area contributed by atoms with Crippen molar-refractivity contribution in [2.75, 3.05) is 13.1 Å². The molecule has 1 saturated carbocycles. The third kappa shape index (κ3) is 5.98. The molecular weight excluding hydrogens is 476 g/mol. The van der Waals surface area contributed by atoms with Gasteiger partial charge in [0.1, 0.15) is 6.54 Å². The standard InChI is InChI=1S/C32H38N2O2S/c1-3-4-5-6-7-24-10-14-26(15-11-24)32(36)34(27-16-17-27)22-30(35)33-20-18-29-28(19-21-37-29)31(33)25-12-8-23(2)9-13-25/h8-15,19,21,27,31H,3-7,16-18,20,22H2,1-2H3. The summed E-state index contributed by atoms with van der Waals surface area (Å²) < 4.78 is 0.